The van der Waals surface area contributed by atoms with E-state index in [4.69, 9.17) is 9.47 Å². The van der Waals surface area contributed by atoms with Gasteiger partial charge in [-0.2, -0.15) is 0 Å². The Morgan fingerprint density at radius 2 is 1.54 bits per heavy atom. The SMILES string of the molecule is COC(=O)COc1ccc(C(=O)C=Cc2ccc3cc(OC)ccc3c2)cc1. The Labute approximate surface area is 163 Å². The van der Waals surface area contributed by atoms with Crippen molar-refractivity contribution in [3.05, 3.63) is 77.9 Å². The molecule has 0 spiro atoms. The normalized spacial score (nSPS) is 10.8. The van der Waals surface area contributed by atoms with Crippen LogP contribution in [0.15, 0.2) is 66.7 Å². The van der Waals surface area contributed by atoms with Crippen LogP contribution in [-0.4, -0.2) is 32.6 Å². The van der Waals surface area contributed by atoms with Gasteiger partial charge in [-0.15, -0.1) is 0 Å². The molecule has 0 heterocycles. The lowest BCUT2D eigenvalue weighted by atomic mass is 10.0. The molecule has 0 saturated carbocycles. The number of allylic oxidation sites excluding steroid dienone is 1. The van der Waals surface area contributed by atoms with E-state index in [1.165, 1.54) is 13.2 Å². The van der Waals surface area contributed by atoms with Crippen molar-refractivity contribution in [2.45, 2.75) is 0 Å². The second kappa shape index (κ2) is 8.86. The number of hydrogen-bond donors (Lipinski definition) is 0. The van der Waals surface area contributed by atoms with Gasteiger partial charge in [0.25, 0.3) is 0 Å². The van der Waals surface area contributed by atoms with Crippen LogP contribution >= 0.6 is 0 Å². The lowest BCUT2D eigenvalue weighted by Crippen LogP contribution is -2.12. The van der Waals surface area contributed by atoms with Gasteiger partial charge in [-0.05, 0) is 64.9 Å². The number of ketones is 1. The molecule has 0 radical (unpaired) electrons. The number of esters is 1. The third-order valence-corrected chi connectivity index (χ3v) is 4.22. The minimum absolute atomic E-state index is 0.116. The van der Waals surface area contributed by atoms with Crippen LogP contribution in [0.2, 0.25) is 0 Å². The molecule has 3 aromatic rings. The van der Waals surface area contributed by atoms with Crippen LogP contribution < -0.4 is 9.47 Å². The summed E-state index contributed by atoms with van der Waals surface area (Å²) in [5.74, 6) is 0.729. The fraction of sp³-hybridized carbons (Fsp3) is 0.130. The zero-order chi connectivity index (χ0) is 19.9. The van der Waals surface area contributed by atoms with Gasteiger partial charge in [0.05, 0.1) is 14.2 Å². The molecule has 0 aliphatic rings. The standard InChI is InChI=1S/C23H20O5/c1-26-21-11-8-18-13-16(3-5-19(18)14-21)4-12-22(24)17-6-9-20(10-7-17)28-15-23(25)27-2/h3-14H,15H2,1-2H3. The molecule has 3 rings (SSSR count). The maximum atomic E-state index is 12.4. The Hall–Kier alpha value is -3.60. The molecule has 0 unspecified atom stereocenters. The van der Waals surface area contributed by atoms with Crippen LogP contribution in [0, 0.1) is 0 Å². The Morgan fingerprint density at radius 1 is 0.857 bits per heavy atom. The van der Waals surface area contributed by atoms with Crippen LogP contribution in [0.5, 0.6) is 11.5 Å². The van der Waals surface area contributed by atoms with Crippen molar-refractivity contribution in [3.63, 3.8) is 0 Å². The van der Waals surface area contributed by atoms with Gasteiger partial charge in [-0.25, -0.2) is 4.79 Å². The first-order chi connectivity index (χ1) is 13.6. The molecule has 28 heavy (non-hydrogen) atoms. The van der Waals surface area contributed by atoms with Crippen molar-refractivity contribution in [3.8, 4) is 11.5 Å². The highest BCUT2D eigenvalue weighted by Gasteiger charge is 2.05. The molecule has 0 N–H and O–H groups in total. The summed E-state index contributed by atoms with van der Waals surface area (Å²) in [5.41, 5.74) is 1.47. The van der Waals surface area contributed by atoms with Crippen molar-refractivity contribution in [2.24, 2.45) is 0 Å². The fourth-order valence-electron chi connectivity index (χ4n) is 2.66. The molecule has 0 fully saturated rings. The van der Waals surface area contributed by atoms with E-state index in [2.05, 4.69) is 4.74 Å². The number of fused-ring (bicyclic) bond motifs is 1. The molecule has 3 aromatic carbocycles. The van der Waals surface area contributed by atoms with Gasteiger partial charge in [-0.1, -0.05) is 24.3 Å². The molecular weight excluding hydrogens is 356 g/mol. The van der Waals surface area contributed by atoms with E-state index in [1.54, 1.807) is 37.5 Å². The van der Waals surface area contributed by atoms with Gasteiger partial charge >= 0.3 is 5.97 Å². The number of hydrogen-bond acceptors (Lipinski definition) is 5. The number of rotatable bonds is 7. The Kier molecular flexibility index (Phi) is 6.07. The van der Waals surface area contributed by atoms with Gasteiger partial charge < -0.3 is 14.2 Å². The Bertz CT molecular complexity index is 1020. The highest BCUT2D eigenvalue weighted by Crippen LogP contribution is 2.22. The topological polar surface area (TPSA) is 61.8 Å². The van der Waals surface area contributed by atoms with E-state index in [-0.39, 0.29) is 12.4 Å². The second-order valence-corrected chi connectivity index (χ2v) is 6.06. The summed E-state index contributed by atoms with van der Waals surface area (Å²) >= 11 is 0. The van der Waals surface area contributed by atoms with Crippen molar-refractivity contribution in [1.82, 2.24) is 0 Å². The van der Waals surface area contributed by atoms with E-state index < -0.39 is 5.97 Å². The van der Waals surface area contributed by atoms with Gasteiger partial charge in [0.2, 0.25) is 0 Å². The quantitative estimate of drug-likeness (QED) is 0.350. The summed E-state index contributed by atoms with van der Waals surface area (Å²) in [6.07, 6.45) is 3.32. The van der Waals surface area contributed by atoms with Crippen molar-refractivity contribution in [2.75, 3.05) is 20.8 Å². The van der Waals surface area contributed by atoms with Crippen molar-refractivity contribution >= 4 is 28.6 Å². The van der Waals surface area contributed by atoms with Gasteiger partial charge in [0.1, 0.15) is 11.5 Å². The number of carbonyl (C=O) groups is 2. The number of carbonyl (C=O) groups excluding carboxylic acids is 2. The molecule has 0 bridgehead atoms. The van der Waals surface area contributed by atoms with E-state index in [0.717, 1.165) is 22.1 Å². The largest absolute Gasteiger partial charge is 0.497 e. The molecule has 0 aromatic heterocycles. The second-order valence-electron chi connectivity index (χ2n) is 6.06. The zero-order valence-corrected chi connectivity index (χ0v) is 15.7. The minimum atomic E-state index is -0.461. The van der Waals surface area contributed by atoms with Crippen LogP contribution in [0.4, 0.5) is 0 Å². The Morgan fingerprint density at radius 3 is 2.25 bits per heavy atom. The lowest BCUT2D eigenvalue weighted by molar-refractivity contribution is -0.142. The molecule has 0 saturated heterocycles. The average Bonchev–Trinajstić information content (AvgIpc) is 2.75. The van der Waals surface area contributed by atoms with Crippen LogP contribution in [0.25, 0.3) is 16.8 Å². The summed E-state index contributed by atoms with van der Waals surface area (Å²) in [6.45, 7) is -0.169. The number of methoxy groups -OCH3 is 2. The van der Waals surface area contributed by atoms with E-state index in [9.17, 15) is 9.59 Å². The van der Waals surface area contributed by atoms with Gasteiger partial charge in [0, 0.05) is 5.56 Å². The predicted octanol–water partition coefficient (Wildman–Crippen LogP) is 4.30. The minimum Gasteiger partial charge on any atom is -0.497 e. The summed E-state index contributed by atoms with van der Waals surface area (Å²) in [5, 5.41) is 2.15. The molecule has 5 nitrogen and oxygen atoms in total. The first-order valence-electron chi connectivity index (χ1n) is 8.69. The molecular formula is C23H20O5. The molecule has 0 aliphatic carbocycles. The van der Waals surface area contributed by atoms with Gasteiger partial charge in [-0.3, -0.25) is 4.79 Å². The van der Waals surface area contributed by atoms with Crippen LogP contribution in [-0.2, 0) is 9.53 Å². The summed E-state index contributed by atoms with van der Waals surface area (Å²) < 4.78 is 15.0. The summed E-state index contributed by atoms with van der Waals surface area (Å²) in [4.78, 5) is 23.4. The zero-order valence-electron chi connectivity index (χ0n) is 15.7. The monoisotopic (exact) mass is 376 g/mol. The number of benzene rings is 3. The maximum absolute atomic E-state index is 12.4. The molecule has 5 heteroatoms. The van der Waals surface area contributed by atoms with Crippen LogP contribution in [0.3, 0.4) is 0 Å². The van der Waals surface area contributed by atoms with Gasteiger partial charge in [0.15, 0.2) is 12.4 Å². The van der Waals surface area contributed by atoms with E-state index in [0.29, 0.717) is 11.3 Å². The predicted molar refractivity (Wildman–Crippen MR) is 108 cm³/mol. The molecule has 142 valence electrons. The fourth-order valence-corrected chi connectivity index (χ4v) is 2.66. The van der Waals surface area contributed by atoms with E-state index >= 15 is 0 Å². The Balaban J connectivity index is 1.67. The smallest absolute Gasteiger partial charge is 0.343 e. The summed E-state index contributed by atoms with van der Waals surface area (Å²) in [6, 6.07) is 18.4. The van der Waals surface area contributed by atoms with Crippen molar-refractivity contribution in [1.29, 1.82) is 0 Å². The average molecular weight is 376 g/mol. The third kappa shape index (κ3) is 4.76. The molecule has 0 aliphatic heterocycles. The van der Waals surface area contributed by atoms with Crippen molar-refractivity contribution < 1.29 is 23.8 Å². The first kappa shape index (κ1) is 19.2. The highest BCUT2D eigenvalue weighted by atomic mass is 16.6. The third-order valence-electron chi connectivity index (χ3n) is 4.22. The number of ether oxygens (including phenoxy) is 3. The van der Waals surface area contributed by atoms with E-state index in [1.807, 2.05) is 36.4 Å². The highest BCUT2D eigenvalue weighted by molar-refractivity contribution is 6.07. The first-order valence-corrected chi connectivity index (χ1v) is 8.69. The lowest BCUT2D eigenvalue weighted by Gasteiger charge is -2.05. The van der Waals surface area contributed by atoms with Crippen LogP contribution in [0.1, 0.15) is 15.9 Å². The summed E-state index contributed by atoms with van der Waals surface area (Å²) in [7, 11) is 2.94. The maximum Gasteiger partial charge on any atom is 0.343 e. The molecule has 0 amide bonds. The molecule has 0 atom stereocenters.